The number of halogens is 3. The molecule has 0 unspecified atom stereocenters. The topological polar surface area (TPSA) is 112 Å². The van der Waals surface area contributed by atoms with Gasteiger partial charge in [-0.25, -0.2) is 4.79 Å². The van der Waals surface area contributed by atoms with Crippen LogP contribution in [0.15, 0.2) is 42.5 Å². The Balaban J connectivity index is 0.000000505. The zero-order valence-corrected chi connectivity index (χ0v) is 21.3. The molecule has 1 aliphatic heterocycles. The third-order valence-corrected chi connectivity index (χ3v) is 7.19. The minimum absolute atomic E-state index is 0.0595. The van der Waals surface area contributed by atoms with Gasteiger partial charge >= 0.3 is 12.1 Å². The molecule has 0 spiro atoms. The van der Waals surface area contributed by atoms with Crippen LogP contribution >= 0.6 is 0 Å². The third-order valence-electron chi connectivity index (χ3n) is 7.19. The predicted octanol–water partition coefficient (Wildman–Crippen LogP) is 3.99. The van der Waals surface area contributed by atoms with Crippen LogP contribution < -0.4 is 14.8 Å². The number of carboxylic acid groups (broad SMARTS) is 1. The molecule has 2 N–H and O–H groups in total. The number of amides is 1. The summed E-state index contributed by atoms with van der Waals surface area (Å²) >= 11 is 0. The molecule has 0 bridgehead atoms. The fourth-order valence-electron chi connectivity index (χ4n) is 5.42. The predicted molar refractivity (Wildman–Crippen MR) is 132 cm³/mol. The minimum atomic E-state index is -5.08. The number of nitrogens with zero attached hydrogens (tertiary/aromatic N) is 2. The second kappa shape index (κ2) is 11.7. The van der Waals surface area contributed by atoms with Crippen molar-refractivity contribution in [3.05, 3.63) is 59.2 Å². The molecule has 2 aromatic rings. The van der Waals surface area contributed by atoms with E-state index in [0.717, 1.165) is 43.9 Å². The number of likely N-dealkylation sites (N-methyl/N-ethyl adjacent to an activating group) is 1. The zero-order valence-electron chi connectivity index (χ0n) is 21.3. The highest BCUT2D eigenvalue weighted by atomic mass is 19.4. The second-order valence-electron chi connectivity index (χ2n) is 9.56. The molecule has 204 valence electrons. The minimum Gasteiger partial charge on any atom is -0.493 e. The fraction of sp³-hybridized carbons (Fsp3) is 0.444. The molecule has 1 saturated heterocycles. The number of methoxy groups -OCH3 is 2. The molecular weight excluding hydrogens is 503 g/mol. The Kier molecular flexibility index (Phi) is 8.89. The van der Waals surface area contributed by atoms with Crippen LogP contribution in [0.3, 0.4) is 0 Å². The average Bonchev–Trinajstić information content (AvgIpc) is 3.24. The van der Waals surface area contributed by atoms with Gasteiger partial charge in [-0.2, -0.15) is 18.4 Å². The van der Waals surface area contributed by atoms with Gasteiger partial charge in [-0.3, -0.25) is 4.79 Å². The van der Waals surface area contributed by atoms with E-state index in [1.807, 2.05) is 6.07 Å². The van der Waals surface area contributed by atoms with E-state index in [1.165, 1.54) is 5.56 Å². The lowest BCUT2D eigenvalue weighted by atomic mass is 9.63. The van der Waals surface area contributed by atoms with Crippen molar-refractivity contribution >= 4 is 11.9 Å². The number of carboxylic acids is 1. The van der Waals surface area contributed by atoms with E-state index in [1.54, 1.807) is 38.5 Å². The Bertz CT molecular complexity index is 1200. The lowest BCUT2D eigenvalue weighted by Crippen LogP contribution is -2.47. The van der Waals surface area contributed by atoms with Crippen LogP contribution in [0.25, 0.3) is 0 Å². The Morgan fingerprint density at radius 3 is 2.32 bits per heavy atom. The average molecular weight is 534 g/mol. The molecule has 1 heterocycles. The number of rotatable bonds is 5. The molecule has 2 fully saturated rings. The third kappa shape index (κ3) is 6.37. The standard InChI is InChI=1S/C25H29N3O3.C2HF3O2/c1-28-15-20-12-21(27-24(29)18-6-4-17(14-26)5-7-18)10-11-25(20,16-28)19-8-9-22(30-2)23(13-19)31-3;3-2(4,5)1(6)7/h4-9,13,20-21H,10-12,15-16H2,1-3H3,(H,27,29);(H,6,7)/t20-,21-,25+;/m1./s1. The Morgan fingerprint density at radius 2 is 1.76 bits per heavy atom. The van der Waals surface area contributed by atoms with E-state index < -0.39 is 12.1 Å². The molecule has 1 aliphatic carbocycles. The summed E-state index contributed by atoms with van der Waals surface area (Å²) in [5, 5.41) is 19.3. The van der Waals surface area contributed by atoms with Crippen molar-refractivity contribution in [1.82, 2.24) is 10.2 Å². The second-order valence-corrected chi connectivity index (χ2v) is 9.56. The van der Waals surface area contributed by atoms with Gasteiger partial charge in [-0.05, 0) is 74.2 Å². The van der Waals surface area contributed by atoms with Crippen molar-refractivity contribution in [2.75, 3.05) is 34.4 Å². The van der Waals surface area contributed by atoms with E-state index in [9.17, 15) is 18.0 Å². The number of hydrogen-bond donors (Lipinski definition) is 2. The molecule has 11 heteroatoms. The van der Waals surface area contributed by atoms with Crippen molar-refractivity contribution in [1.29, 1.82) is 5.26 Å². The SMILES string of the molecule is COc1ccc([C@@]23CC[C@@H](NC(=O)c4ccc(C#N)cc4)C[C@@H]2CN(C)C3)cc1OC.O=C(O)C(F)(F)F. The van der Waals surface area contributed by atoms with Crippen LogP contribution in [-0.4, -0.2) is 68.5 Å². The molecule has 2 aliphatic rings. The molecular formula is C27H30F3N3O5. The summed E-state index contributed by atoms with van der Waals surface area (Å²) in [6.45, 7) is 2.01. The van der Waals surface area contributed by atoms with Crippen LogP contribution in [-0.2, 0) is 10.2 Å². The molecule has 4 rings (SSSR count). The number of carbonyl (C=O) groups excluding carboxylic acids is 1. The van der Waals surface area contributed by atoms with Crippen LogP contribution in [0.4, 0.5) is 13.2 Å². The van der Waals surface area contributed by atoms with Gasteiger partial charge in [0.1, 0.15) is 0 Å². The number of hydrogen-bond acceptors (Lipinski definition) is 6. The van der Waals surface area contributed by atoms with Crippen LogP contribution in [0.2, 0.25) is 0 Å². The maximum absolute atomic E-state index is 12.7. The number of fused-ring (bicyclic) bond motifs is 1. The van der Waals surface area contributed by atoms with E-state index in [2.05, 4.69) is 35.5 Å². The van der Waals surface area contributed by atoms with Crippen molar-refractivity contribution in [2.45, 2.75) is 36.9 Å². The largest absolute Gasteiger partial charge is 0.493 e. The maximum Gasteiger partial charge on any atom is 0.490 e. The van der Waals surface area contributed by atoms with Gasteiger partial charge in [0.2, 0.25) is 0 Å². The van der Waals surface area contributed by atoms with Gasteiger partial charge in [0.15, 0.2) is 11.5 Å². The Hall–Kier alpha value is -3.78. The molecule has 38 heavy (non-hydrogen) atoms. The number of nitrogens with one attached hydrogen (secondary N) is 1. The fourth-order valence-corrected chi connectivity index (χ4v) is 5.42. The van der Waals surface area contributed by atoms with Crippen molar-refractivity contribution < 1.29 is 37.3 Å². The molecule has 1 saturated carbocycles. The summed E-state index contributed by atoms with van der Waals surface area (Å²) in [6.07, 6.45) is -2.20. The summed E-state index contributed by atoms with van der Waals surface area (Å²) in [5.41, 5.74) is 2.50. The Morgan fingerprint density at radius 1 is 1.13 bits per heavy atom. The molecule has 2 aromatic carbocycles. The monoisotopic (exact) mass is 533 g/mol. The Labute approximate surface area is 219 Å². The lowest BCUT2D eigenvalue weighted by Gasteiger charge is -2.43. The van der Waals surface area contributed by atoms with Crippen LogP contribution in [0.1, 0.15) is 40.7 Å². The van der Waals surface area contributed by atoms with Gasteiger partial charge in [0, 0.05) is 30.1 Å². The number of nitriles is 1. The first-order chi connectivity index (χ1) is 17.9. The van der Waals surface area contributed by atoms with E-state index in [0.29, 0.717) is 17.0 Å². The number of carbonyl (C=O) groups is 2. The van der Waals surface area contributed by atoms with Crippen molar-refractivity contribution in [3.63, 3.8) is 0 Å². The first-order valence-electron chi connectivity index (χ1n) is 12.0. The first kappa shape index (κ1) is 28.8. The normalized spacial score (nSPS) is 22.8. The summed E-state index contributed by atoms with van der Waals surface area (Å²) in [7, 11) is 5.50. The quantitative estimate of drug-likeness (QED) is 0.598. The summed E-state index contributed by atoms with van der Waals surface area (Å²) in [6, 6.07) is 15.3. The molecule has 1 amide bonds. The number of aliphatic carboxylic acids is 1. The summed E-state index contributed by atoms with van der Waals surface area (Å²) in [4.78, 5) is 24.0. The van der Waals surface area contributed by atoms with Gasteiger partial charge in [0.05, 0.1) is 25.9 Å². The first-order valence-corrected chi connectivity index (χ1v) is 12.0. The van der Waals surface area contributed by atoms with Crippen molar-refractivity contribution in [2.24, 2.45) is 5.92 Å². The zero-order chi connectivity index (χ0) is 28.1. The maximum atomic E-state index is 12.7. The van der Waals surface area contributed by atoms with Gasteiger partial charge in [0.25, 0.3) is 5.91 Å². The highest BCUT2D eigenvalue weighted by Gasteiger charge is 2.50. The van der Waals surface area contributed by atoms with Crippen LogP contribution in [0.5, 0.6) is 11.5 Å². The highest BCUT2D eigenvalue weighted by Crippen LogP contribution is 2.49. The number of likely N-dealkylation sites (tertiary alicyclic amines) is 1. The number of benzene rings is 2. The van der Waals surface area contributed by atoms with Gasteiger partial charge in [-0.1, -0.05) is 6.07 Å². The van der Waals surface area contributed by atoms with E-state index >= 15 is 0 Å². The van der Waals surface area contributed by atoms with Crippen molar-refractivity contribution in [3.8, 4) is 17.6 Å². The molecule has 0 radical (unpaired) electrons. The summed E-state index contributed by atoms with van der Waals surface area (Å²) in [5.74, 6) is -0.865. The van der Waals surface area contributed by atoms with Gasteiger partial charge in [-0.15, -0.1) is 0 Å². The van der Waals surface area contributed by atoms with Crippen LogP contribution in [0, 0.1) is 17.2 Å². The van der Waals surface area contributed by atoms with Gasteiger partial charge < -0.3 is 24.8 Å². The van der Waals surface area contributed by atoms with E-state index in [-0.39, 0.29) is 17.4 Å². The number of alkyl halides is 3. The smallest absolute Gasteiger partial charge is 0.490 e. The van der Waals surface area contributed by atoms with E-state index in [4.69, 9.17) is 24.6 Å². The highest BCUT2D eigenvalue weighted by molar-refractivity contribution is 5.94. The molecule has 0 aromatic heterocycles. The summed E-state index contributed by atoms with van der Waals surface area (Å²) < 4.78 is 42.7. The number of ether oxygens (including phenoxy) is 2. The molecule has 8 nitrogen and oxygen atoms in total. The molecule has 3 atom stereocenters. The lowest BCUT2D eigenvalue weighted by molar-refractivity contribution is -0.192.